The van der Waals surface area contributed by atoms with Crippen LogP contribution >= 0.6 is 23.7 Å². The minimum atomic E-state index is -3.50. The number of halogens is 1. The van der Waals surface area contributed by atoms with Crippen molar-refractivity contribution in [3.8, 4) is 0 Å². The molecule has 3 N–H and O–H groups in total. The first-order valence-corrected chi connectivity index (χ1v) is 11.5. The number of sulfonamides is 2. The van der Waals surface area contributed by atoms with Gasteiger partial charge in [-0.3, -0.25) is 0 Å². The highest BCUT2D eigenvalue weighted by molar-refractivity contribution is 7.91. The molecule has 1 aromatic rings. The predicted octanol–water partition coefficient (Wildman–Crippen LogP) is 0.764. The van der Waals surface area contributed by atoms with Gasteiger partial charge in [-0.1, -0.05) is 0 Å². The number of thiophene rings is 1. The summed E-state index contributed by atoms with van der Waals surface area (Å²) >= 11 is 1.19. The fraction of sp³-hybridized carbons (Fsp3) is 0.692. The third-order valence-corrected chi connectivity index (χ3v) is 8.84. The van der Waals surface area contributed by atoms with Gasteiger partial charge in [-0.15, -0.1) is 23.7 Å². The van der Waals surface area contributed by atoms with E-state index >= 15 is 0 Å². The van der Waals surface area contributed by atoms with Crippen LogP contribution in [-0.4, -0.2) is 52.6 Å². The summed E-state index contributed by atoms with van der Waals surface area (Å²) in [7, 11) is -6.72. The van der Waals surface area contributed by atoms with Crippen molar-refractivity contribution >= 4 is 43.8 Å². The molecule has 0 aliphatic carbocycles. The van der Waals surface area contributed by atoms with E-state index in [1.165, 1.54) is 15.6 Å². The van der Waals surface area contributed by atoms with Gasteiger partial charge in [-0.05, 0) is 38.3 Å². The molecule has 2 heterocycles. The Morgan fingerprint density at radius 1 is 1.33 bits per heavy atom. The van der Waals surface area contributed by atoms with Crippen LogP contribution in [0.1, 0.15) is 24.6 Å². The van der Waals surface area contributed by atoms with E-state index in [-0.39, 0.29) is 30.7 Å². The van der Waals surface area contributed by atoms with Crippen molar-refractivity contribution < 1.29 is 16.8 Å². The zero-order valence-electron chi connectivity index (χ0n) is 13.5. The summed E-state index contributed by atoms with van der Waals surface area (Å²) in [6.45, 7) is 2.68. The highest BCUT2D eigenvalue weighted by atomic mass is 35.5. The first-order valence-electron chi connectivity index (χ1n) is 7.58. The van der Waals surface area contributed by atoms with Crippen LogP contribution in [0, 0.1) is 0 Å². The normalized spacial score (nSPS) is 19.3. The summed E-state index contributed by atoms with van der Waals surface area (Å²) in [4.78, 5) is 0.839. The van der Waals surface area contributed by atoms with Crippen LogP contribution in [0.5, 0.6) is 0 Å². The third-order valence-electron chi connectivity index (χ3n) is 3.87. The first kappa shape index (κ1) is 21.8. The minimum Gasteiger partial charge on any atom is -0.329 e. The molecular formula is C13H24ClN3O4S3. The molecular weight excluding hydrogens is 394 g/mol. The first-order chi connectivity index (χ1) is 10.8. The second-order valence-corrected chi connectivity index (χ2v) is 10.8. The lowest BCUT2D eigenvalue weighted by molar-refractivity contribution is 0.394. The maximum Gasteiger partial charge on any atom is 0.252 e. The number of hydrogen-bond acceptors (Lipinski definition) is 6. The van der Waals surface area contributed by atoms with Gasteiger partial charge >= 0.3 is 0 Å². The van der Waals surface area contributed by atoms with E-state index in [1.54, 1.807) is 19.1 Å². The Morgan fingerprint density at radius 2 is 2.04 bits per heavy atom. The number of nitrogens with one attached hydrogen (secondary N) is 1. The van der Waals surface area contributed by atoms with Crippen molar-refractivity contribution in [3.63, 3.8) is 0 Å². The van der Waals surface area contributed by atoms with Crippen LogP contribution in [0.25, 0.3) is 0 Å². The second-order valence-electron chi connectivity index (χ2n) is 5.42. The molecule has 11 heteroatoms. The highest BCUT2D eigenvalue weighted by Gasteiger charge is 2.35. The van der Waals surface area contributed by atoms with Gasteiger partial charge in [-0.25, -0.2) is 21.6 Å². The van der Waals surface area contributed by atoms with Crippen molar-refractivity contribution in [3.05, 3.63) is 17.0 Å². The average Bonchev–Trinajstić information content (AvgIpc) is 3.16. The molecule has 0 spiro atoms. The molecule has 1 aliphatic heterocycles. The molecule has 24 heavy (non-hydrogen) atoms. The van der Waals surface area contributed by atoms with E-state index in [0.717, 1.165) is 17.7 Å². The molecule has 0 radical (unpaired) electrons. The maximum absolute atomic E-state index is 12.7. The molecule has 140 valence electrons. The van der Waals surface area contributed by atoms with E-state index in [1.807, 2.05) is 0 Å². The van der Waals surface area contributed by atoms with Gasteiger partial charge in [0.15, 0.2) is 0 Å². The van der Waals surface area contributed by atoms with Crippen LogP contribution < -0.4 is 10.5 Å². The van der Waals surface area contributed by atoms with Crippen LogP contribution in [0.15, 0.2) is 16.3 Å². The highest BCUT2D eigenvalue weighted by Crippen LogP contribution is 2.30. The SMILES string of the molecule is CCS(=O)(=O)NCCc1ccc(S(=O)(=O)N2CCCC2CN)s1.Cl. The quantitative estimate of drug-likeness (QED) is 0.649. The summed E-state index contributed by atoms with van der Waals surface area (Å²) in [5.41, 5.74) is 5.66. The van der Waals surface area contributed by atoms with E-state index < -0.39 is 20.0 Å². The standard InChI is InChI=1S/C13H23N3O4S3.ClH/c1-2-22(17,18)15-8-7-12-5-6-13(21-12)23(19,20)16-9-3-4-11(16)10-14;/h5-6,11,15H,2-4,7-10,14H2,1H3;1H. The average molecular weight is 418 g/mol. The Bertz CT molecular complexity index is 733. The minimum absolute atomic E-state index is 0. The molecule has 1 saturated heterocycles. The van der Waals surface area contributed by atoms with E-state index in [2.05, 4.69) is 4.72 Å². The van der Waals surface area contributed by atoms with Crippen LogP contribution in [-0.2, 0) is 26.5 Å². The zero-order chi connectivity index (χ0) is 17.1. The molecule has 0 aromatic carbocycles. The van der Waals surface area contributed by atoms with Gasteiger partial charge in [0.25, 0.3) is 10.0 Å². The summed E-state index contributed by atoms with van der Waals surface area (Å²) in [6.07, 6.45) is 2.10. The Morgan fingerprint density at radius 3 is 2.67 bits per heavy atom. The number of hydrogen-bond donors (Lipinski definition) is 2. The van der Waals surface area contributed by atoms with Gasteiger partial charge in [0.05, 0.1) is 5.75 Å². The molecule has 1 unspecified atom stereocenters. The van der Waals surface area contributed by atoms with Crippen molar-refractivity contribution in [1.29, 1.82) is 0 Å². The Hall–Kier alpha value is -0.230. The van der Waals surface area contributed by atoms with Crippen LogP contribution in [0.2, 0.25) is 0 Å². The summed E-state index contributed by atoms with van der Waals surface area (Å²) in [5.74, 6) is 0.0342. The summed E-state index contributed by atoms with van der Waals surface area (Å²) in [5, 5.41) is 0. The molecule has 1 atom stereocenters. The van der Waals surface area contributed by atoms with Crippen molar-refractivity contribution in [2.24, 2.45) is 5.73 Å². The van der Waals surface area contributed by atoms with Gasteiger partial charge in [0.1, 0.15) is 4.21 Å². The van der Waals surface area contributed by atoms with Crippen LogP contribution in [0.4, 0.5) is 0 Å². The largest absolute Gasteiger partial charge is 0.329 e. The smallest absolute Gasteiger partial charge is 0.252 e. The zero-order valence-corrected chi connectivity index (χ0v) is 16.7. The number of nitrogens with two attached hydrogens (primary N) is 1. The Balaban J connectivity index is 0.00000288. The number of nitrogens with zero attached hydrogens (tertiary/aromatic N) is 1. The predicted molar refractivity (Wildman–Crippen MR) is 98.7 cm³/mol. The molecule has 2 rings (SSSR count). The van der Waals surface area contributed by atoms with Crippen molar-refractivity contribution in [1.82, 2.24) is 9.03 Å². The molecule has 1 aliphatic rings. The fourth-order valence-corrected chi connectivity index (χ4v) is 6.35. The molecule has 1 aromatic heterocycles. The van der Waals surface area contributed by atoms with Gasteiger partial charge in [0, 0.05) is 30.6 Å². The van der Waals surface area contributed by atoms with Gasteiger partial charge in [-0.2, -0.15) is 4.31 Å². The molecule has 7 nitrogen and oxygen atoms in total. The molecule has 0 amide bonds. The molecule has 0 bridgehead atoms. The summed E-state index contributed by atoms with van der Waals surface area (Å²) in [6, 6.07) is 3.21. The fourth-order valence-electron chi connectivity index (χ4n) is 2.54. The van der Waals surface area contributed by atoms with Crippen LogP contribution in [0.3, 0.4) is 0 Å². The van der Waals surface area contributed by atoms with Crippen molar-refractivity contribution in [2.45, 2.75) is 36.4 Å². The monoisotopic (exact) mass is 417 g/mol. The van der Waals surface area contributed by atoms with Crippen molar-refractivity contribution in [2.75, 3.05) is 25.4 Å². The Kier molecular flexibility index (Phi) is 8.11. The molecule has 0 saturated carbocycles. The lowest BCUT2D eigenvalue weighted by Gasteiger charge is -2.21. The van der Waals surface area contributed by atoms with E-state index in [9.17, 15) is 16.8 Å². The number of rotatable bonds is 8. The second kappa shape index (κ2) is 8.93. The van der Waals surface area contributed by atoms with E-state index in [0.29, 0.717) is 23.7 Å². The third kappa shape index (κ3) is 5.13. The summed E-state index contributed by atoms with van der Waals surface area (Å²) < 4.78 is 52.3. The molecule has 1 fully saturated rings. The lowest BCUT2D eigenvalue weighted by atomic mass is 10.2. The Labute approximate surface area is 154 Å². The topological polar surface area (TPSA) is 110 Å². The van der Waals surface area contributed by atoms with E-state index in [4.69, 9.17) is 5.73 Å². The van der Waals surface area contributed by atoms with Gasteiger partial charge in [0.2, 0.25) is 10.0 Å². The van der Waals surface area contributed by atoms with Gasteiger partial charge < -0.3 is 5.73 Å². The maximum atomic E-state index is 12.7. The lowest BCUT2D eigenvalue weighted by Crippen LogP contribution is -2.39.